The Hall–Kier alpha value is -3.35. The summed E-state index contributed by atoms with van der Waals surface area (Å²) in [5.41, 5.74) is 1.73. The third kappa shape index (κ3) is 6.14. The molecule has 0 atom stereocenters. The van der Waals surface area contributed by atoms with Crippen LogP contribution in [-0.2, 0) is 16.1 Å². The highest BCUT2D eigenvalue weighted by Gasteiger charge is 2.09. The average Bonchev–Trinajstić information content (AvgIpc) is 2.70. The third-order valence-electron chi connectivity index (χ3n) is 3.63. The minimum Gasteiger partial charge on any atom is -0.482 e. The number of nitrogens with one attached hydrogen (secondary N) is 2. The summed E-state index contributed by atoms with van der Waals surface area (Å²) in [5, 5.41) is 5.35. The lowest BCUT2D eigenvalue weighted by atomic mass is 10.1. The van der Waals surface area contributed by atoms with Gasteiger partial charge in [0.25, 0.3) is 11.8 Å². The standard InChI is InChI=1S/C20H22N2O5/c1-3-26-18(23)13-27-17-9-5-8-16(11-17)20(25)22-12-14-6-4-7-15(10-14)19(24)21-2/h4-11H,3,12-13H2,1-2H3,(H,21,24)(H,22,25). The number of amides is 2. The number of carbonyl (C=O) groups excluding carboxylic acids is 3. The van der Waals surface area contributed by atoms with E-state index in [1.807, 2.05) is 6.07 Å². The summed E-state index contributed by atoms with van der Waals surface area (Å²) in [7, 11) is 1.56. The molecule has 0 aliphatic rings. The first-order valence-corrected chi connectivity index (χ1v) is 8.51. The molecule has 0 aliphatic heterocycles. The molecule has 2 rings (SSSR count). The Kier molecular flexibility index (Phi) is 7.37. The summed E-state index contributed by atoms with van der Waals surface area (Å²) in [6, 6.07) is 13.5. The minimum atomic E-state index is -0.469. The van der Waals surface area contributed by atoms with Crippen molar-refractivity contribution < 1.29 is 23.9 Å². The van der Waals surface area contributed by atoms with Crippen LogP contribution in [0.25, 0.3) is 0 Å². The highest BCUT2D eigenvalue weighted by Crippen LogP contribution is 2.14. The number of hydrogen-bond donors (Lipinski definition) is 2. The van der Waals surface area contributed by atoms with Gasteiger partial charge < -0.3 is 20.1 Å². The average molecular weight is 370 g/mol. The number of benzene rings is 2. The summed E-state index contributed by atoms with van der Waals surface area (Å²) in [6.45, 7) is 2.06. The third-order valence-corrected chi connectivity index (χ3v) is 3.63. The molecule has 0 fully saturated rings. The Morgan fingerprint density at radius 3 is 2.37 bits per heavy atom. The van der Waals surface area contributed by atoms with Crippen molar-refractivity contribution in [2.24, 2.45) is 0 Å². The molecular weight excluding hydrogens is 348 g/mol. The van der Waals surface area contributed by atoms with Crippen LogP contribution in [0.3, 0.4) is 0 Å². The molecule has 0 saturated heterocycles. The second kappa shape index (κ2) is 9.96. The van der Waals surface area contributed by atoms with Gasteiger partial charge in [-0.25, -0.2) is 4.79 Å². The second-order valence-electron chi connectivity index (χ2n) is 5.58. The fourth-order valence-electron chi connectivity index (χ4n) is 2.32. The van der Waals surface area contributed by atoms with Gasteiger partial charge in [-0.05, 0) is 42.8 Å². The van der Waals surface area contributed by atoms with Crippen molar-refractivity contribution in [1.82, 2.24) is 10.6 Å². The van der Waals surface area contributed by atoms with Crippen LogP contribution in [-0.4, -0.2) is 38.0 Å². The Morgan fingerprint density at radius 2 is 1.67 bits per heavy atom. The van der Waals surface area contributed by atoms with Gasteiger partial charge in [0.15, 0.2) is 6.61 Å². The number of hydrogen-bond acceptors (Lipinski definition) is 5. The van der Waals surface area contributed by atoms with Crippen LogP contribution in [0.1, 0.15) is 33.2 Å². The maximum absolute atomic E-state index is 12.3. The van der Waals surface area contributed by atoms with E-state index in [-0.39, 0.29) is 31.6 Å². The largest absolute Gasteiger partial charge is 0.482 e. The van der Waals surface area contributed by atoms with Crippen molar-refractivity contribution in [2.45, 2.75) is 13.5 Å². The van der Waals surface area contributed by atoms with E-state index in [9.17, 15) is 14.4 Å². The zero-order valence-electron chi connectivity index (χ0n) is 15.3. The Labute approximate surface area is 157 Å². The van der Waals surface area contributed by atoms with Crippen LogP contribution in [0.2, 0.25) is 0 Å². The normalized spacial score (nSPS) is 10.0. The van der Waals surface area contributed by atoms with Crippen molar-refractivity contribution in [3.05, 3.63) is 65.2 Å². The Balaban J connectivity index is 1.95. The molecule has 2 aromatic rings. The van der Waals surface area contributed by atoms with E-state index in [0.29, 0.717) is 16.9 Å². The predicted octanol–water partition coefficient (Wildman–Crippen LogP) is 1.92. The molecule has 0 radical (unpaired) electrons. The fourth-order valence-corrected chi connectivity index (χ4v) is 2.32. The van der Waals surface area contributed by atoms with Crippen molar-refractivity contribution in [1.29, 1.82) is 0 Å². The van der Waals surface area contributed by atoms with Crippen LogP contribution in [0.4, 0.5) is 0 Å². The smallest absolute Gasteiger partial charge is 0.344 e. The van der Waals surface area contributed by atoms with Gasteiger partial charge in [-0.2, -0.15) is 0 Å². The first-order chi connectivity index (χ1) is 13.0. The number of carbonyl (C=O) groups is 3. The molecule has 0 aromatic heterocycles. The van der Waals surface area contributed by atoms with Gasteiger partial charge in [-0.3, -0.25) is 9.59 Å². The molecular formula is C20H22N2O5. The van der Waals surface area contributed by atoms with E-state index in [0.717, 1.165) is 5.56 Å². The van der Waals surface area contributed by atoms with Crippen LogP contribution >= 0.6 is 0 Å². The fraction of sp³-hybridized carbons (Fsp3) is 0.250. The maximum atomic E-state index is 12.3. The molecule has 0 aliphatic carbocycles. The van der Waals surface area contributed by atoms with E-state index in [4.69, 9.17) is 9.47 Å². The monoisotopic (exact) mass is 370 g/mol. The zero-order valence-corrected chi connectivity index (χ0v) is 15.3. The highest BCUT2D eigenvalue weighted by molar-refractivity contribution is 5.95. The molecule has 0 saturated carbocycles. The lowest BCUT2D eigenvalue weighted by Gasteiger charge is -2.09. The minimum absolute atomic E-state index is 0.186. The summed E-state index contributed by atoms with van der Waals surface area (Å²) >= 11 is 0. The Morgan fingerprint density at radius 1 is 0.963 bits per heavy atom. The van der Waals surface area contributed by atoms with E-state index in [1.165, 1.54) is 0 Å². The zero-order chi connectivity index (χ0) is 19.6. The SMILES string of the molecule is CCOC(=O)COc1cccc(C(=O)NCc2cccc(C(=O)NC)c2)c1. The number of rotatable bonds is 8. The van der Waals surface area contributed by atoms with E-state index < -0.39 is 5.97 Å². The van der Waals surface area contributed by atoms with Gasteiger partial charge in [0.1, 0.15) is 5.75 Å². The Bertz CT molecular complexity index is 820. The first kappa shape index (κ1) is 20.0. The maximum Gasteiger partial charge on any atom is 0.344 e. The molecule has 0 unspecified atom stereocenters. The quantitative estimate of drug-likeness (QED) is 0.693. The lowest BCUT2D eigenvalue weighted by molar-refractivity contribution is -0.145. The molecule has 2 aromatic carbocycles. The number of ether oxygens (including phenoxy) is 2. The first-order valence-electron chi connectivity index (χ1n) is 8.51. The molecule has 7 heteroatoms. The topological polar surface area (TPSA) is 93.7 Å². The van der Waals surface area contributed by atoms with Gasteiger partial charge in [-0.1, -0.05) is 18.2 Å². The molecule has 2 amide bonds. The summed E-state index contributed by atoms with van der Waals surface area (Å²) in [6.07, 6.45) is 0. The summed E-state index contributed by atoms with van der Waals surface area (Å²) in [5.74, 6) is -0.544. The van der Waals surface area contributed by atoms with Crippen molar-refractivity contribution in [3.8, 4) is 5.75 Å². The van der Waals surface area contributed by atoms with Crippen molar-refractivity contribution in [2.75, 3.05) is 20.3 Å². The molecule has 2 N–H and O–H groups in total. The summed E-state index contributed by atoms with van der Waals surface area (Å²) < 4.78 is 10.1. The van der Waals surface area contributed by atoms with Crippen LogP contribution < -0.4 is 15.4 Å². The van der Waals surface area contributed by atoms with E-state index in [2.05, 4.69) is 10.6 Å². The molecule has 0 spiro atoms. The van der Waals surface area contributed by atoms with E-state index in [1.54, 1.807) is 56.4 Å². The number of esters is 1. The van der Waals surface area contributed by atoms with E-state index >= 15 is 0 Å². The second-order valence-corrected chi connectivity index (χ2v) is 5.58. The highest BCUT2D eigenvalue weighted by atomic mass is 16.6. The molecule has 142 valence electrons. The van der Waals surface area contributed by atoms with Gasteiger partial charge >= 0.3 is 5.97 Å². The van der Waals surface area contributed by atoms with Gasteiger partial charge in [0.05, 0.1) is 6.61 Å². The van der Waals surface area contributed by atoms with Crippen LogP contribution in [0.15, 0.2) is 48.5 Å². The molecule has 27 heavy (non-hydrogen) atoms. The van der Waals surface area contributed by atoms with Crippen LogP contribution in [0.5, 0.6) is 5.75 Å². The van der Waals surface area contributed by atoms with Crippen LogP contribution in [0, 0.1) is 0 Å². The summed E-state index contributed by atoms with van der Waals surface area (Å²) in [4.78, 5) is 35.4. The van der Waals surface area contributed by atoms with Crippen molar-refractivity contribution in [3.63, 3.8) is 0 Å². The predicted molar refractivity (Wildman–Crippen MR) is 99.6 cm³/mol. The van der Waals surface area contributed by atoms with Gasteiger partial charge in [-0.15, -0.1) is 0 Å². The molecule has 0 bridgehead atoms. The molecule has 7 nitrogen and oxygen atoms in total. The van der Waals surface area contributed by atoms with Crippen molar-refractivity contribution >= 4 is 17.8 Å². The van der Waals surface area contributed by atoms with Gasteiger partial charge in [0.2, 0.25) is 0 Å². The molecule has 0 heterocycles. The lowest BCUT2D eigenvalue weighted by Crippen LogP contribution is -2.23. The van der Waals surface area contributed by atoms with Gasteiger partial charge in [0, 0.05) is 24.7 Å².